The number of hydrogen-bond donors (Lipinski definition) is 4. The second-order valence-electron chi connectivity index (χ2n) is 7.68. The molecular weight excluding hydrogens is 440 g/mol. The number of pyridine rings is 2. The van der Waals surface area contributed by atoms with Gasteiger partial charge < -0.3 is 25.6 Å². The predicted molar refractivity (Wildman–Crippen MR) is 120 cm³/mol. The number of carbonyl (C=O) groups excluding carboxylic acids is 1. The van der Waals surface area contributed by atoms with Crippen LogP contribution < -0.4 is 10.6 Å². The van der Waals surface area contributed by atoms with Crippen molar-refractivity contribution in [2.24, 2.45) is 0 Å². The first kappa shape index (κ1) is 21.8. The van der Waals surface area contributed by atoms with Gasteiger partial charge in [0.2, 0.25) is 0 Å². The number of hydrogen-bond acceptors (Lipinski definition) is 10. The zero-order valence-corrected chi connectivity index (χ0v) is 18.1. The topological polar surface area (TPSA) is 160 Å². The second kappa shape index (κ2) is 9.09. The summed E-state index contributed by atoms with van der Waals surface area (Å²) >= 11 is 0. The van der Waals surface area contributed by atoms with E-state index in [1.807, 2.05) is 24.3 Å². The normalized spacial score (nSPS) is 22.1. The summed E-state index contributed by atoms with van der Waals surface area (Å²) in [5.74, 6) is 0.285. The van der Waals surface area contributed by atoms with E-state index < -0.39 is 30.4 Å². The van der Waals surface area contributed by atoms with Crippen LogP contribution >= 0.6 is 0 Å². The Morgan fingerprint density at radius 2 is 2.00 bits per heavy atom. The first-order chi connectivity index (χ1) is 16.6. The number of fused-ring (bicyclic) bond motifs is 1. The van der Waals surface area contributed by atoms with Crippen molar-refractivity contribution < 1.29 is 19.7 Å². The quantitative estimate of drug-likeness (QED) is 0.313. The summed E-state index contributed by atoms with van der Waals surface area (Å²) < 4.78 is 7.20. The first-order valence-corrected chi connectivity index (χ1v) is 10.6. The van der Waals surface area contributed by atoms with Gasteiger partial charge in [-0.15, -0.1) is 0 Å². The number of likely N-dealkylation sites (N-methyl/N-ethyl adjacent to an activating group) is 1. The van der Waals surface area contributed by atoms with Gasteiger partial charge in [-0.2, -0.15) is 0 Å². The molecule has 4 aromatic rings. The fourth-order valence-electron chi connectivity index (χ4n) is 3.78. The molecule has 4 aromatic heterocycles. The van der Waals surface area contributed by atoms with Crippen molar-refractivity contribution in [2.45, 2.75) is 31.1 Å². The van der Waals surface area contributed by atoms with Crippen molar-refractivity contribution in [3.05, 3.63) is 60.9 Å². The number of aliphatic hydroxyl groups excluding tert-OH is 2. The van der Waals surface area contributed by atoms with Crippen LogP contribution in [0.1, 0.15) is 11.9 Å². The van der Waals surface area contributed by atoms with Crippen molar-refractivity contribution in [1.29, 1.82) is 0 Å². The fraction of sp³-hybridized carbons (Fsp3) is 0.273. The van der Waals surface area contributed by atoms with Crippen LogP contribution in [-0.4, -0.2) is 71.0 Å². The molecule has 1 aliphatic rings. The number of carbonyl (C=O) groups is 1. The molecular formula is C22H22N8O4. The molecule has 34 heavy (non-hydrogen) atoms. The molecule has 12 nitrogen and oxygen atoms in total. The minimum atomic E-state index is -1.41. The molecule has 1 amide bonds. The van der Waals surface area contributed by atoms with Gasteiger partial charge in [-0.1, -0.05) is 6.07 Å². The third-order valence-corrected chi connectivity index (χ3v) is 5.52. The molecule has 1 saturated heterocycles. The van der Waals surface area contributed by atoms with Crippen LogP contribution in [0.15, 0.2) is 55.2 Å². The Labute approximate surface area is 193 Å². The lowest BCUT2D eigenvalue weighted by molar-refractivity contribution is -0.137. The molecule has 12 heteroatoms. The highest BCUT2D eigenvalue weighted by atomic mass is 16.6. The molecule has 0 aromatic carbocycles. The SMILES string of the molecule is CNC(=O)[C@H]1O[C@@H](n2cnc3c(NCc4ccccn4)nc(-c4cccnc4)nc32)[C@H](O)[C@@H]1O. The van der Waals surface area contributed by atoms with Crippen LogP contribution in [0.25, 0.3) is 22.6 Å². The summed E-state index contributed by atoms with van der Waals surface area (Å²) in [5, 5.41) is 26.7. The molecule has 174 valence electrons. The monoisotopic (exact) mass is 462 g/mol. The molecule has 1 aliphatic heterocycles. The molecule has 0 bridgehead atoms. The number of aromatic nitrogens is 6. The van der Waals surface area contributed by atoms with Crippen LogP contribution in [0.5, 0.6) is 0 Å². The number of imidazole rings is 1. The maximum Gasteiger partial charge on any atom is 0.251 e. The average Bonchev–Trinajstić information content (AvgIpc) is 3.44. The van der Waals surface area contributed by atoms with Gasteiger partial charge in [0.15, 0.2) is 35.1 Å². The summed E-state index contributed by atoms with van der Waals surface area (Å²) in [6.07, 6.45) is 1.32. The lowest BCUT2D eigenvalue weighted by atomic mass is 10.1. The van der Waals surface area contributed by atoms with Gasteiger partial charge in [-0.05, 0) is 24.3 Å². The van der Waals surface area contributed by atoms with Crippen LogP contribution in [0.2, 0.25) is 0 Å². The molecule has 1 fully saturated rings. The van der Waals surface area contributed by atoms with Crippen LogP contribution in [0.3, 0.4) is 0 Å². The molecule has 0 spiro atoms. The summed E-state index contributed by atoms with van der Waals surface area (Å²) in [7, 11) is 1.43. The van der Waals surface area contributed by atoms with Crippen molar-refractivity contribution in [3.63, 3.8) is 0 Å². The number of aliphatic hydroxyl groups is 2. The summed E-state index contributed by atoms with van der Waals surface area (Å²) in [5.41, 5.74) is 2.26. The molecule has 5 rings (SSSR count). The third kappa shape index (κ3) is 3.94. The molecule has 0 unspecified atom stereocenters. The molecule has 0 saturated carbocycles. The Bertz CT molecular complexity index is 1300. The van der Waals surface area contributed by atoms with E-state index in [0.717, 1.165) is 5.69 Å². The minimum absolute atomic E-state index is 0.353. The Hall–Kier alpha value is -4.00. The number of ether oxygens (including phenoxy) is 1. The average molecular weight is 462 g/mol. The van der Waals surface area contributed by atoms with E-state index >= 15 is 0 Å². The van der Waals surface area contributed by atoms with E-state index in [2.05, 4.69) is 35.6 Å². The number of rotatable bonds is 6. The van der Waals surface area contributed by atoms with E-state index in [0.29, 0.717) is 34.9 Å². The number of nitrogens with zero attached hydrogens (tertiary/aromatic N) is 6. The maximum absolute atomic E-state index is 12.1. The van der Waals surface area contributed by atoms with Gasteiger partial charge in [0, 0.05) is 31.2 Å². The zero-order valence-electron chi connectivity index (χ0n) is 18.1. The lowest BCUT2D eigenvalue weighted by Crippen LogP contribution is -2.41. The number of nitrogens with one attached hydrogen (secondary N) is 2. The summed E-state index contributed by atoms with van der Waals surface area (Å²) in [4.78, 5) is 34.2. The van der Waals surface area contributed by atoms with E-state index in [1.165, 1.54) is 17.9 Å². The van der Waals surface area contributed by atoms with Crippen LogP contribution in [0, 0.1) is 0 Å². The number of anilines is 1. The molecule has 0 radical (unpaired) electrons. The van der Waals surface area contributed by atoms with Crippen molar-refractivity contribution in [3.8, 4) is 11.4 Å². The summed E-state index contributed by atoms with van der Waals surface area (Å²) in [6.45, 7) is 0.395. The highest BCUT2D eigenvalue weighted by Gasteiger charge is 2.47. The molecule has 5 heterocycles. The van der Waals surface area contributed by atoms with Gasteiger partial charge in [-0.25, -0.2) is 15.0 Å². The Kier molecular flexibility index (Phi) is 5.84. The summed E-state index contributed by atoms with van der Waals surface area (Å²) in [6, 6.07) is 9.21. The largest absolute Gasteiger partial charge is 0.387 e. The van der Waals surface area contributed by atoms with Gasteiger partial charge in [0.05, 0.1) is 18.6 Å². The van der Waals surface area contributed by atoms with E-state index in [4.69, 9.17) is 4.74 Å². The van der Waals surface area contributed by atoms with Gasteiger partial charge in [0.1, 0.15) is 12.2 Å². The maximum atomic E-state index is 12.1. The van der Waals surface area contributed by atoms with Gasteiger partial charge in [-0.3, -0.25) is 19.3 Å². The minimum Gasteiger partial charge on any atom is -0.387 e. The Balaban J connectivity index is 1.57. The van der Waals surface area contributed by atoms with Crippen molar-refractivity contribution in [1.82, 2.24) is 34.8 Å². The Morgan fingerprint density at radius 1 is 1.12 bits per heavy atom. The standard InChI is InChI=1S/C22H22N8O4/c1-23-21(33)17-15(31)16(32)22(34-17)30-11-27-14-19(26-10-13-6-2-3-8-25-13)28-18(29-20(14)30)12-5-4-7-24-9-12/h2-9,11,15-17,22,31-32H,10H2,1H3,(H,23,33)(H,26,28,29)/t15-,16+,17-,22+/m0/s1. The van der Waals surface area contributed by atoms with Crippen molar-refractivity contribution >= 4 is 22.9 Å². The zero-order chi connectivity index (χ0) is 23.7. The van der Waals surface area contributed by atoms with Gasteiger partial charge in [0.25, 0.3) is 5.91 Å². The fourth-order valence-corrected chi connectivity index (χ4v) is 3.78. The smallest absolute Gasteiger partial charge is 0.251 e. The number of amides is 1. The highest BCUT2D eigenvalue weighted by molar-refractivity contribution is 5.85. The Morgan fingerprint density at radius 3 is 2.74 bits per heavy atom. The third-order valence-electron chi connectivity index (χ3n) is 5.52. The predicted octanol–water partition coefficient (Wildman–Crippen LogP) is 0.261. The molecule has 4 N–H and O–H groups in total. The van der Waals surface area contributed by atoms with E-state index in [1.54, 1.807) is 24.7 Å². The highest BCUT2D eigenvalue weighted by Crippen LogP contribution is 2.33. The van der Waals surface area contributed by atoms with E-state index in [-0.39, 0.29) is 0 Å². The van der Waals surface area contributed by atoms with E-state index in [9.17, 15) is 15.0 Å². The van der Waals surface area contributed by atoms with Gasteiger partial charge >= 0.3 is 0 Å². The molecule has 4 atom stereocenters. The van der Waals surface area contributed by atoms with Crippen molar-refractivity contribution in [2.75, 3.05) is 12.4 Å². The second-order valence-corrected chi connectivity index (χ2v) is 7.68. The van der Waals surface area contributed by atoms with Crippen LogP contribution in [0.4, 0.5) is 5.82 Å². The van der Waals surface area contributed by atoms with Crippen LogP contribution in [-0.2, 0) is 16.1 Å². The lowest BCUT2D eigenvalue weighted by Gasteiger charge is -2.17. The molecule has 0 aliphatic carbocycles. The first-order valence-electron chi connectivity index (χ1n) is 10.6.